The molecular formula is C20H38N4O15. The van der Waals surface area contributed by atoms with Gasteiger partial charge in [-0.1, -0.05) is 0 Å². The van der Waals surface area contributed by atoms with E-state index in [0.29, 0.717) is 0 Å². The smallest absolute Gasteiger partial charge is 0.305 e. The van der Waals surface area contributed by atoms with Crippen molar-refractivity contribution in [3.63, 3.8) is 0 Å². The molecule has 228 valence electrons. The summed E-state index contributed by atoms with van der Waals surface area (Å²) in [6.45, 7) is -1.84. The molecule has 0 spiro atoms. The highest BCUT2D eigenvalue weighted by atomic mass is 16.8. The maximum Gasteiger partial charge on any atom is 0.305 e. The highest BCUT2D eigenvalue weighted by Crippen LogP contribution is 2.38. The van der Waals surface area contributed by atoms with E-state index in [1.807, 2.05) is 0 Å². The molecule has 2 unspecified atom stereocenters. The molecule has 0 radical (unpaired) electrons. The first-order valence-electron chi connectivity index (χ1n) is 12.0. The van der Waals surface area contributed by atoms with Gasteiger partial charge in [-0.3, -0.25) is 15.3 Å². The largest absolute Gasteiger partial charge is 0.427 e. The molecule has 3 aliphatic heterocycles. The number of nitrogens with two attached hydrogens (primary N) is 4. The molecule has 0 aromatic rings. The van der Waals surface area contributed by atoms with Gasteiger partial charge in [0.05, 0.1) is 25.3 Å². The van der Waals surface area contributed by atoms with Crippen LogP contribution in [0.3, 0.4) is 0 Å². The second-order valence-electron chi connectivity index (χ2n) is 9.64. The van der Waals surface area contributed by atoms with E-state index in [4.69, 9.17) is 51.4 Å². The Morgan fingerprint density at radius 2 is 1.44 bits per heavy atom. The molecule has 16 N–H and O–H groups in total. The molecule has 0 saturated carbocycles. The zero-order chi connectivity index (χ0) is 29.4. The molecular weight excluding hydrogens is 536 g/mol. The van der Waals surface area contributed by atoms with Crippen LogP contribution in [-0.4, -0.2) is 158 Å². The van der Waals surface area contributed by atoms with E-state index in [1.54, 1.807) is 0 Å². The maximum atomic E-state index is 11.6. The zero-order valence-corrected chi connectivity index (χ0v) is 20.9. The number of aliphatic hydroxyl groups is 8. The number of esters is 1. The molecule has 0 aromatic carbocycles. The van der Waals surface area contributed by atoms with Gasteiger partial charge in [-0.25, -0.2) is 0 Å². The molecule has 3 heterocycles. The third-order valence-electron chi connectivity index (χ3n) is 6.91. The third-order valence-corrected chi connectivity index (χ3v) is 6.91. The fourth-order valence-electron chi connectivity index (χ4n) is 4.67. The monoisotopic (exact) mass is 574 g/mol. The predicted molar refractivity (Wildman–Crippen MR) is 121 cm³/mol. The number of carbonyl (C=O) groups is 1. The van der Waals surface area contributed by atoms with Crippen LogP contribution >= 0.6 is 0 Å². The second kappa shape index (κ2) is 12.3. The van der Waals surface area contributed by atoms with Crippen LogP contribution in [0.2, 0.25) is 0 Å². The Balaban J connectivity index is 1.83. The molecule has 3 aliphatic rings. The number of carbonyl (C=O) groups excluding carboxylic acids is 1. The molecule has 3 rings (SSSR count). The standard InChI is InChI=1S/C20H38N4O15/c1-5(28)37-19(4-27)16(32)12(31)15(23)20(24,39-19)38-14-7(3-26)35-18(9(22)11(14)30)36-13-6(2-25)34-17(33)8(21)10(13)29/h6-18,25-27,29-33H,2-4,21-24H2,1H3/t6-,7-,8-,9-,10-,11-,12-,13?,14?,15-,16+,17-,18+,19+,20+/m1/s1. The summed E-state index contributed by atoms with van der Waals surface area (Å²) in [4.78, 5) is 11.6. The van der Waals surface area contributed by atoms with Crippen molar-refractivity contribution in [2.75, 3.05) is 19.8 Å². The van der Waals surface area contributed by atoms with Gasteiger partial charge >= 0.3 is 5.97 Å². The van der Waals surface area contributed by atoms with Crippen molar-refractivity contribution in [1.29, 1.82) is 0 Å². The van der Waals surface area contributed by atoms with E-state index in [-0.39, 0.29) is 0 Å². The van der Waals surface area contributed by atoms with Crippen molar-refractivity contribution in [2.45, 2.75) is 98.2 Å². The average molecular weight is 575 g/mol. The number of rotatable bonds is 8. The van der Waals surface area contributed by atoms with Gasteiger partial charge in [-0.15, -0.1) is 0 Å². The summed E-state index contributed by atoms with van der Waals surface area (Å²) in [6, 6.07) is -4.60. The van der Waals surface area contributed by atoms with Crippen molar-refractivity contribution in [3.05, 3.63) is 0 Å². The van der Waals surface area contributed by atoms with Crippen LogP contribution in [-0.2, 0) is 33.2 Å². The summed E-state index contributed by atoms with van der Waals surface area (Å²) in [5.41, 5.74) is 23.8. The van der Waals surface area contributed by atoms with Crippen LogP contribution in [0.1, 0.15) is 6.92 Å². The SMILES string of the molecule is CC(=O)O[C@@]1(CO)O[C@@](N)(OC2[C@@H](CO)O[C@@H](OC3[C@@H](CO)O[C@@H](O)[C@H](N)[C@H]3O)[C@H](N)[C@H]2O)[C@H](N)[C@@H](O)[C@@H]1O. The van der Waals surface area contributed by atoms with Crippen LogP contribution in [0, 0.1) is 0 Å². The Kier molecular flexibility index (Phi) is 10.2. The molecule has 3 saturated heterocycles. The van der Waals surface area contributed by atoms with E-state index in [0.717, 1.165) is 6.92 Å². The van der Waals surface area contributed by atoms with Crippen molar-refractivity contribution in [1.82, 2.24) is 0 Å². The first kappa shape index (κ1) is 32.3. The molecule has 19 heteroatoms. The highest BCUT2D eigenvalue weighted by Gasteiger charge is 2.63. The molecule has 0 aromatic heterocycles. The van der Waals surface area contributed by atoms with Crippen LogP contribution in [0.25, 0.3) is 0 Å². The Labute approximate surface area is 221 Å². The third kappa shape index (κ3) is 6.05. The van der Waals surface area contributed by atoms with Crippen molar-refractivity contribution < 1.29 is 74.1 Å². The first-order chi connectivity index (χ1) is 18.2. The van der Waals surface area contributed by atoms with Crippen molar-refractivity contribution in [3.8, 4) is 0 Å². The van der Waals surface area contributed by atoms with E-state index < -0.39 is 117 Å². The first-order valence-corrected chi connectivity index (χ1v) is 12.0. The molecule has 0 bridgehead atoms. The Morgan fingerprint density at radius 3 is 1.97 bits per heavy atom. The van der Waals surface area contributed by atoms with Crippen molar-refractivity contribution >= 4 is 5.97 Å². The summed E-state index contributed by atoms with van der Waals surface area (Å²) in [6.07, 6.45) is -16.4. The lowest BCUT2D eigenvalue weighted by molar-refractivity contribution is -0.438. The van der Waals surface area contributed by atoms with Gasteiger partial charge < -0.3 is 81.7 Å². The molecule has 19 nitrogen and oxygen atoms in total. The lowest BCUT2D eigenvalue weighted by Crippen LogP contribution is -2.79. The van der Waals surface area contributed by atoms with Gasteiger partial charge in [0.25, 0.3) is 5.79 Å². The van der Waals surface area contributed by atoms with Gasteiger partial charge in [0.1, 0.15) is 61.5 Å². The Hall–Kier alpha value is -1.21. The van der Waals surface area contributed by atoms with Gasteiger partial charge in [0, 0.05) is 6.92 Å². The normalized spacial score (nSPS) is 50.9. The van der Waals surface area contributed by atoms with Crippen LogP contribution in [0.15, 0.2) is 0 Å². The van der Waals surface area contributed by atoms with E-state index in [1.165, 1.54) is 0 Å². The molecule has 0 aliphatic carbocycles. The summed E-state index contributed by atoms with van der Waals surface area (Å²) in [5.74, 6) is -6.34. The molecule has 39 heavy (non-hydrogen) atoms. The number of hydrogen-bond acceptors (Lipinski definition) is 19. The lowest BCUT2D eigenvalue weighted by Gasteiger charge is -2.54. The number of hydrogen-bond donors (Lipinski definition) is 12. The van der Waals surface area contributed by atoms with Gasteiger partial charge in [0.15, 0.2) is 12.6 Å². The van der Waals surface area contributed by atoms with Gasteiger partial charge in [-0.2, -0.15) is 0 Å². The second-order valence-corrected chi connectivity index (χ2v) is 9.64. The van der Waals surface area contributed by atoms with Gasteiger partial charge in [-0.05, 0) is 0 Å². The zero-order valence-electron chi connectivity index (χ0n) is 20.9. The van der Waals surface area contributed by atoms with Crippen LogP contribution < -0.4 is 22.9 Å². The number of aliphatic hydroxyl groups excluding tert-OH is 8. The summed E-state index contributed by atoms with van der Waals surface area (Å²) in [7, 11) is 0. The fourth-order valence-corrected chi connectivity index (χ4v) is 4.67. The minimum absolute atomic E-state index is 0.709. The van der Waals surface area contributed by atoms with E-state index in [2.05, 4.69) is 0 Å². The minimum atomic E-state index is -2.68. The Morgan fingerprint density at radius 1 is 0.872 bits per heavy atom. The Bertz CT molecular complexity index is 843. The minimum Gasteiger partial charge on any atom is -0.427 e. The van der Waals surface area contributed by atoms with Crippen molar-refractivity contribution in [2.24, 2.45) is 22.9 Å². The summed E-state index contributed by atoms with van der Waals surface area (Å²) >= 11 is 0. The van der Waals surface area contributed by atoms with Crippen LogP contribution in [0.5, 0.6) is 0 Å². The fraction of sp³-hybridized carbons (Fsp3) is 0.950. The molecule has 3 fully saturated rings. The molecule has 0 amide bonds. The van der Waals surface area contributed by atoms with Crippen LogP contribution in [0.4, 0.5) is 0 Å². The highest BCUT2D eigenvalue weighted by molar-refractivity contribution is 5.66. The van der Waals surface area contributed by atoms with Gasteiger partial charge in [0.2, 0.25) is 5.91 Å². The predicted octanol–water partition coefficient (Wildman–Crippen LogP) is -8.50. The average Bonchev–Trinajstić information content (AvgIpc) is 2.89. The maximum absolute atomic E-state index is 11.6. The number of ether oxygens (including phenoxy) is 6. The van der Waals surface area contributed by atoms with E-state index >= 15 is 0 Å². The molecule has 15 atom stereocenters. The summed E-state index contributed by atoms with van der Waals surface area (Å²) in [5, 5.41) is 81.5. The van der Waals surface area contributed by atoms with E-state index in [9.17, 15) is 45.6 Å². The quantitative estimate of drug-likeness (QED) is 0.0945. The summed E-state index contributed by atoms with van der Waals surface area (Å²) < 4.78 is 32.3. The topological polar surface area (TPSA) is 338 Å². The lowest BCUT2D eigenvalue weighted by atomic mass is 9.91.